The Kier molecular flexibility index (Phi) is 3.93. The van der Waals surface area contributed by atoms with Gasteiger partial charge in [0.1, 0.15) is 0 Å². The topological polar surface area (TPSA) is 68.0 Å². The van der Waals surface area contributed by atoms with Crippen LogP contribution in [-0.2, 0) is 6.42 Å². The third-order valence-electron chi connectivity index (χ3n) is 2.20. The van der Waals surface area contributed by atoms with Crippen molar-refractivity contribution in [1.29, 1.82) is 0 Å². The van der Waals surface area contributed by atoms with Crippen molar-refractivity contribution in [2.45, 2.75) is 18.2 Å². The van der Waals surface area contributed by atoms with Gasteiger partial charge in [-0.15, -0.1) is 5.10 Å². The van der Waals surface area contributed by atoms with Crippen molar-refractivity contribution in [3.8, 4) is 0 Å². The molecule has 1 N–H and O–H groups in total. The monoisotopic (exact) mass is 267 g/mol. The largest absolute Gasteiger partial charge is 0.408 e. The minimum Gasteiger partial charge on any atom is -0.408 e. The Morgan fingerprint density at radius 1 is 1.39 bits per heavy atom. The molecule has 0 aliphatic rings. The second kappa shape index (κ2) is 5.63. The van der Waals surface area contributed by atoms with Crippen LogP contribution in [0.2, 0.25) is 0 Å². The molecule has 0 atom stereocenters. The van der Waals surface area contributed by atoms with E-state index in [0.717, 1.165) is 0 Å². The van der Waals surface area contributed by atoms with Gasteiger partial charge >= 0.3 is 6.01 Å². The highest BCUT2D eigenvalue weighted by Gasteiger charge is 2.10. The first-order valence-electron chi connectivity index (χ1n) is 5.25. The van der Waals surface area contributed by atoms with Gasteiger partial charge in [-0.05, 0) is 24.3 Å². The number of hydrogen-bond acceptors (Lipinski definition) is 5. The van der Waals surface area contributed by atoms with E-state index in [1.54, 1.807) is 0 Å². The van der Waals surface area contributed by atoms with Crippen LogP contribution in [0.25, 0.3) is 0 Å². The Balaban J connectivity index is 2.06. The van der Waals surface area contributed by atoms with E-state index >= 15 is 0 Å². The molecular weight excluding hydrogens is 257 g/mol. The smallest absolute Gasteiger partial charge is 0.322 e. The van der Waals surface area contributed by atoms with Gasteiger partial charge in [0.15, 0.2) is 0 Å². The molecule has 5 nitrogen and oxygen atoms in total. The summed E-state index contributed by atoms with van der Waals surface area (Å²) < 4.78 is 17.4. The first-order chi connectivity index (χ1) is 8.72. The van der Waals surface area contributed by atoms with E-state index in [1.165, 1.54) is 24.3 Å². The van der Waals surface area contributed by atoms with Crippen molar-refractivity contribution in [2.75, 3.05) is 5.32 Å². The van der Waals surface area contributed by atoms with Crippen LogP contribution in [0, 0.1) is 0 Å². The minimum atomic E-state index is -0.378. The van der Waals surface area contributed by atoms with E-state index in [1.807, 2.05) is 6.92 Å². The van der Waals surface area contributed by atoms with E-state index in [4.69, 9.17) is 4.42 Å². The molecule has 0 aliphatic carbocycles. The number of nitrogens with zero attached hydrogens (tertiary/aromatic N) is 2. The van der Waals surface area contributed by atoms with Crippen LogP contribution in [0.1, 0.15) is 23.2 Å². The summed E-state index contributed by atoms with van der Waals surface area (Å²) in [7, 11) is 0. The molecule has 0 unspecified atom stereocenters. The molecule has 0 radical (unpaired) electrons. The number of hydrogen-bond donors (Lipinski definition) is 1. The molecule has 94 valence electrons. The third-order valence-corrected chi connectivity index (χ3v) is 2.65. The van der Waals surface area contributed by atoms with Gasteiger partial charge in [0.2, 0.25) is 5.89 Å². The highest BCUT2D eigenvalue weighted by atomic mass is 32.2. The number of aryl methyl sites for hydroxylation is 1. The summed E-state index contributed by atoms with van der Waals surface area (Å²) in [6.45, 7) is 1.87. The molecule has 1 heterocycles. The molecule has 2 rings (SSSR count). The summed E-state index contributed by atoms with van der Waals surface area (Å²) in [5.41, 5.74) is 0.393. The Labute approximate surface area is 107 Å². The SMILES string of the molecule is CCc1nnc(NC(=O)c2ccc(SF)cc2)o1. The highest BCUT2D eigenvalue weighted by molar-refractivity contribution is 7.94. The highest BCUT2D eigenvalue weighted by Crippen LogP contribution is 2.19. The van der Waals surface area contributed by atoms with Gasteiger partial charge in [0.05, 0.1) is 12.1 Å². The van der Waals surface area contributed by atoms with Crippen LogP contribution in [0.5, 0.6) is 0 Å². The Morgan fingerprint density at radius 2 is 2.11 bits per heavy atom. The lowest BCUT2D eigenvalue weighted by molar-refractivity contribution is 0.102. The standard InChI is InChI=1S/C11H10FN3O2S/c1-2-9-14-15-11(17-9)13-10(16)7-3-5-8(18-12)6-4-7/h3-6H,2H2,1H3,(H,13,15,16). The normalized spacial score (nSPS) is 10.3. The summed E-state index contributed by atoms with van der Waals surface area (Å²) in [4.78, 5) is 12.2. The zero-order valence-corrected chi connectivity index (χ0v) is 10.3. The van der Waals surface area contributed by atoms with Crippen LogP contribution in [-0.4, -0.2) is 16.1 Å². The quantitative estimate of drug-likeness (QED) is 0.922. The van der Waals surface area contributed by atoms with Crippen LogP contribution in [0.15, 0.2) is 33.6 Å². The predicted molar refractivity (Wildman–Crippen MR) is 65.0 cm³/mol. The van der Waals surface area contributed by atoms with Crippen LogP contribution < -0.4 is 5.32 Å². The van der Waals surface area contributed by atoms with E-state index in [0.29, 0.717) is 22.8 Å². The number of amides is 1. The van der Waals surface area contributed by atoms with Gasteiger partial charge in [0.25, 0.3) is 5.91 Å². The number of aromatic nitrogens is 2. The molecule has 1 aromatic heterocycles. The van der Waals surface area contributed by atoms with Crippen LogP contribution >= 0.6 is 12.1 Å². The molecule has 0 bridgehead atoms. The fraction of sp³-hybridized carbons (Fsp3) is 0.182. The fourth-order valence-corrected chi connectivity index (χ4v) is 1.51. The zero-order valence-electron chi connectivity index (χ0n) is 9.51. The average molecular weight is 267 g/mol. The maximum atomic E-state index is 12.2. The summed E-state index contributed by atoms with van der Waals surface area (Å²) in [6, 6.07) is 6.14. The molecule has 0 fully saturated rings. The Morgan fingerprint density at radius 3 is 2.67 bits per heavy atom. The first kappa shape index (κ1) is 12.6. The first-order valence-corrected chi connectivity index (χ1v) is 5.97. The second-order valence-corrected chi connectivity index (χ2v) is 4.04. The number of carbonyl (C=O) groups is 1. The molecular formula is C11H10FN3O2S. The Bertz CT molecular complexity index is 541. The third kappa shape index (κ3) is 2.86. The number of nitrogens with one attached hydrogen (secondary N) is 1. The maximum Gasteiger partial charge on any atom is 0.322 e. The van der Waals surface area contributed by atoms with Gasteiger partial charge in [-0.1, -0.05) is 12.0 Å². The van der Waals surface area contributed by atoms with Gasteiger partial charge in [-0.3, -0.25) is 10.1 Å². The van der Waals surface area contributed by atoms with Crippen LogP contribution in [0.3, 0.4) is 0 Å². The van der Waals surface area contributed by atoms with Crippen molar-refractivity contribution in [1.82, 2.24) is 10.2 Å². The molecule has 18 heavy (non-hydrogen) atoms. The van der Waals surface area contributed by atoms with Crippen molar-refractivity contribution >= 4 is 24.1 Å². The number of benzene rings is 1. The van der Waals surface area contributed by atoms with Gasteiger partial charge < -0.3 is 4.42 Å². The van der Waals surface area contributed by atoms with E-state index < -0.39 is 0 Å². The molecule has 7 heteroatoms. The lowest BCUT2D eigenvalue weighted by Crippen LogP contribution is -2.11. The molecule has 0 saturated heterocycles. The van der Waals surface area contributed by atoms with Crippen molar-refractivity contribution in [3.05, 3.63) is 35.7 Å². The van der Waals surface area contributed by atoms with Crippen LogP contribution in [0.4, 0.5) is 9.90 Å². The van der Waals surface area contributed by atoms with Crippen molar-refractivity contribution < 1.29 is 13.1 Å². The lowest BCUT2D eigenvalue weighted by atomic mass is 10.2. The van der Waals surface area contributed by atoms with E-state index in [2.05, 4.69) is 15.5 Å². The predicted octanol–water partition coefficient (Wildman–Crippen LogP) is 2.86. The van der Waals surface area contributed by atoms with Crippen molar-refractivity contribution in [3.63, 3.8) is 0 Å². The lowest BCUT2D eigenvalue weighted by Gasteiger charge is -2.00. The molecule has 0 saturated carbocycles. The Hall–Kier alpha value is -1.89. The molecule has 2 aromatic rings. The fourth-order valence-electron chi connectivity index (χ4n) is 1.27. The summed E-state index contributed by atoms with van der Waals surface area (Å²) in [5.74, 6) is 0.0752. The maximum absolute atomic E-state index is 12.2. The molecule has 0 spiro atoms. The number of halogens is 1. The summed E-state index contributed by atoms with van der Waals surface area (Å²) in [6.07, 6.45) is 0.602. The minimum absolute atomic E-state index is 0.0563. The van der Waals surface area contributed by atoms with Gasteiger partial charge in [0, 0.05) is 16.9 Å². The number of anilines is 1. The number of carbonyl (C=O) groups excluding carboxylic acids is 1. The van der Waals surface area contributed by atoms with Gasteiger partial charge in [-0.2, -0.15) is 3.89 Å². The summed E-state index contributed by atoms with van der Waals surface area (Å²) >= 11 is 0.127. The average Bonchev–Trinajstić information content (AvgIpc) is 2.86. The molecule has 0 aliphatic heterocycles. The zero-order chi connectivity index (χ0) is 13.0. The van der Waals surface area contributed by atoms with Crippen molar-refractivity contribution in [2.24, 2.45) is 0 Å². The number of rotatable bonds is 4. The van der Waals surface area contributed by atoms with Gasteiger partial charge in [-0.25, -0.2) is 0 Å². The van der Waals surface area contributed by atoms with E-state index in [-0.39, 0.29) is 24.1 Å². The van der Waals surface area contributed by atoms with E-state index in [9.17, 15) is 8.68 Å². The second-order valence-electron chi connectivity index (χ2n) is 3.41. The molecule has 1 amide bonds. The molecule has 1 aromatic carbocycles. The summed E-state index contributed by atoms with van der Waals surface area (Å²) in [5, 5.41) is 9.87.